The minimum atomic E-state index is -0.229. The summed E-state index contributed by atoms with van der Waals surface area (Å²) in [6, 6.07) is 11.5. The average Bonchev–Trinajstić information content (AvgIpc) is 2.64. The number of nitrogens with one attached hydrogen (secondary N) is 1. The smallest absolute Gasteiger partial charge is 0.230 e. The molecule has 134 valence electrons. The summed E-state index contributed by atoms with van der Waals surface area (Å²) in [7, 11) is 0. The Hall–Kier alpha value is -2.72. The summed E-state index contributed by atoms with van der Waals surface area (Å²) in [6.45, 7) is 4.49. The van der Waals surface area contributed by atoms with Crippen LogP contribution in [0.3, 0.4) is 0 Å². The molecule has 0 bridgehead atoms. The fraction of sp³-hybridized carbons (Fsp3) is 0.316. The van der Waals surface area contributed by atoms with Gasteiger partial charge in [0.05, 0.1) is 17.9 Å². The molecule has 2 aromatic rings. The third-order valence-corrected chi connectivity index (χ3v) is 4.83. The summed E-state index contributed by atoms with van der Waals surface area (Å²) in [4.78, 5) is 16.5. The number of thioether (sulfide) groups is 1. The van der Waals surface area contributed by atoms with E-state index in [1.807, 2.05) is 44.2 Å². The Balaban J connectivity index is 1.51. The number of hydrogen-bond acceptors (Lipinski definition) is 6. The van der Waals surface area contributed by atoms with E-state index < -0.39 is 0 Å². The zero-order chi connectivity index (χ0) is 18.5. The second-order valence-electron chi connectivity index (χ2n) is 5.96. The van der Waals surface area contributed by atoms with Gasteiger partial charge in [-0.2, -0.15) is 5.26 Å². The predicted molar refractivity (Wildman–Crippen MR) is 98.5 cm³/mol. The minimum absolute atomic E-state index is 0.137. The van der Waals surface area contributed by atoms with Crippen molar-refractivity contribution in [1.29, 1.82) is 5.26 Å². The highest BCUT2D eigenvalue weighted by molar-refractivity contribution is 8.00. The van der Waals surface area contributed by atoms with Crippen LogP contribution in [0.2, 0.25) is 0 Å². The Labute approximate surface area is 156 Å². The number of carbonyl (C=O) groups is 1. The molecule has 1 aliphatic heterocycles. The summed E-state index contributed by atoms with van der Waals surface area (Å²) in [5.74, 6) is 1.46. The van der Waals surface area contributed by atoms with Crippen LogP contribution in [0.15, 0.2) is 35.4 Å². The highest BCUT2D eigenvalue weighted by Crippen LogP contribution is 2.30. The van der Waals surface area contributed by atoms with Gasteiger partial charge in [0, 0.05) is 5.69 Å². The van der Waals surface area contributed by atoms with Gasteiger partial charge in [-0.15, -0.1) is 0 Å². The van der Waals surface area contributed by atoms with E-state index in [1.54, 1.807) is 0 Å². The second kappa shape index (κ2) is 8.11. The number of benzene rings is 1. The highest BCUT2D eigenvalue weighted by Gasteiger charge is 2.21. The maximum Gasteiger partial charge on any atom is 0.230 e. The van der Waals surface area contributed by atoms with Crippen molar-refractivity contribution < 1.29 is 14.3 Å². The lowest BCUT2D eigenvalue weighted by atomic mass is 10.1. The molecule has 2 heterocycles. The van der Waals surface area contributed by atoms with E-state index in [2.05, 4.69) is 16.4 Å². The predicted octanol–water partition coefficient (Wildman–Crippen LogP) is 2.62. The zero-order valence-corrected chi connectivity index (χ0v) is 15.4. The van der Waals surface area contributed by atoms with Crippen LogP contribution in [0.1, 0.15) is 16.8 Å². The molecule has 1 aliphatic rings. The summed E-state index contributed by atoms with van der Waals surface area (Å²) in [5, 5.41) is 12.7. The number of aromatic nitrogens is 1. The van der Waals surface area contributed by atoms with Gasteiger partial charge < -0.3 is 14.8 Å². The van der Waals surface area contributed by atoms with Gasteiger partial charge in [-0.1, -0.05) is 23.9 Å². The van der Waals surface area contributed by atoms with Crippen molar-refractivity contribution in [3.8, 4) is 17.6 Å². The van der Waals surface area contributed by atoms with Crippen LogP contribution in [0.5, 0.6) is 11.5 Å². The lowest BCUT2D eigenvalue weighted by Crippen LogP contribution is -2.41. The molecule has 1 N–H and O–H groups in total. The SMILES string of the molecule is Cc1cc(C)c(C#N)c(SCC(=O)NC[C@@H]2COc3ccccc3O2)n1. The Bertz CT molecular complexity index is 864. The first-order chi connectivity index (χ1) is 12.6. The van der Waals surface area contributed by atoms with Crippen molar-refractivity contribution in [2.24, 2.45) is 0 Å². The first-order valence-electron chi connectivity index (χ1n) is 8.23. The molecule has 1 amide bonds. The fourth-order valence-electron chi connectivity index (χ4n) is 2.62. The van der Waals surface area contributed by atoms with Gasteiger partial charge >= 0.3 is 0 Å². The van der Waals surface area contributed by atoms with E-state index in [4.69, 9.17) is 9.47 Å². The molecular weight excluding hydrogens is 350 g/mol. The van der Waals surface area contributed by atoms with Gasteiger partial charge in [-0.25, -0.2) is 4.98 Å². The molecule has 0 saturated carbocycles. The Morgan fingerprint density at radius 2 is 2.15 bits per heavy atom. The van der Waals surface area contributed by atoms with Crippen LogP contribution < -0.4 is 14.8 Å². The van der Waals surface area contributed by atoms with E-state index in [1.165, 1.54) is 11.8 Å². The van der Waals surface area contributed by atoms with Crippen LogP contribution in [-0.4, -0.2) is 35.9 Å². The Morgan fingerprint density at radius 3 is 2.92 bits per heavy atom. The standard InChI is InChI=1S/C19H19N3O3S/c1-12-7-13(2)22-19(15(12)8-20)26-11-18(23)21-9-14-10-24-16-5-3-4-6-17(16)25-14/h3-7,14H,9-11H2,1-2H3,(H,21,23)/t14-/m1/s1. The topological polar surface area (TPSA) is 84.2 Å². The molecule has 0 unspecified atom stereocenters. The van der Waals surface area contributed by atoms with Gasteiger partial charge in [-0.05, 0) is 37.6 Å². The molecule has 7 heteroatoms. The third-order valence-electron chi connectivity index (χ3n) is 3.86. The van der Waals surface area contributed by atoms with E-state index in [-0.39, 0.29) is 17.8 Å². The number of nitrogens with zero attached hydrogens (tertiary/aromatic N) is 2. The zero-order valence-electron chi connectivity index (χ0n) is 14.6. The van der Waals surface area contributed by atoms with Crippen molar-refractivity contribution >= 4 is 17.7 Å². The monoisotopic (exact) mass is 369 g/mol. The summed E-state index contributed by atoms with van der Waals surface area (Å²) in [5.41, 5.74) is 2.22. The van der Waals surface area contributed by atoms with E-state index in [0.717, 1.165) is 17.0 Å². The number of fused-ring (bicyclic) bond motifs is 1. The molecule has 0 saturated heterocycles. The number of aryl methyl sites for hydroxylation is 2. The molecule has 6 nitrogen and oxygen atoms in total. The molecule has 3 rings (SSSR count). The number of hydrogen-bond donors (Lipinski definition) is 1. The number of amides is 1. The maximum atomic E-state index is 12.1. The van der Waals surface area contributed by atoms with Crippen molar-refractivity contribution in [3.05, 3.63) is 47.2 Å². The second-order valence-corrected chi connectivity index (χ2v) is 6.93. The van der Waals surface area contributed by atoms with Crippen LogP contribution in [0, 0.1) is 25.2 Å². The third kappa shape index (κ3) is 4.27. The quantitative estimate of drug-likeness (QED) is 0.816. The maximum absolute atomic E-state index is 12.1. The molecule has 0 radical (unpaired) electrons. The fourth-order valence-corrected chi connectivity index (χ4v) is 3.55. The molecule has 1 atom stereocenters. The van der Waals surface area contributed by atoms with Crippen LogP contribution in [0.4, 0.5) is 0 Å². The van der Waals surface area contributed by atoms with Crippen molar-refractivity contribution in [2.45, 2.75) is 25.0 Å². The molecule has 0 fully saturated rings. The summed E-state index contributed by atoms with van der Waals surface area (Å²) >= 11 is 1.27. The van der Waals surface area contributed by atoms with E-state index in [9.17, 15) is 10.1 Å². The number of nitriles is 1. The number of rotatable bonds is 5. The first-order valence-corrected chi connectivity index (χ1v) is 9.21. The number of ether oxygens (including phenoxy) is 2. The van der Waals surface area contributed by atoms with Crippen LogP contribution in [0.25, 0.3) is 0 Å². The largest absolute Gasteiger partial charge is 0.486 e. The van der Waals surface area contributed by atoms with Gasteiger partial charge in [0.15, 0.2) is 11.5 Å². The van der Waals surface area contributed by atoms with E-state index in [0.29, 0.717) is 29.5 Å². The Kier molecular flexibility index (Phi) is 5.64. The summed E-state index contributed by atoms with van der Waals surface area (Å²) < 4.78 is 11.4. The number of pyridine rings is 1. The van der Waals surface area contributed by atoms with Gasteiger partial charge in [0.25, 0.3) is 0 Å². The molecular formula is C19H19N3O3S. The summed E-state index contributed by atoms with van der Waals surface area (Å²) in [6.07, 6.45) is -0.229. The molecule has 1 aromatic heterocycles. The lowest BCUT2D eigenvalue weighted by Gasteiger charge is -2.26. The van der Waals surface area contributed by atoms with Gasteiger partial charge in [0.2, 0.25) is 5.91 Å². The van der Waals surface area contributed by atoms with Crippen molar-refractivity contribution in [1.82, 2.24) is 10.3 Å². The first kappa shape index (κ1) is 18.1. The molecule has 26 heavy (non-hydrogen) atoms. The normalized spacial score (nSPS) is 15.2. The van der Waals surface area contributed by atoms with Crippen LogP contribution >= 0.6 is 11.8 Å². The Morgan fingerprint density at radius 1 is 1.38 bits per heavy atom. The van der Waals surface area contributed by atoms with Crippen molar-refractivity contribution in [3.63, 3.8) is 0 Å². The minimum Gasteiger partial charge on any atom is -0.486 e. The number of carbonyl (C=O) groups excluding carboxylic acids is 1. The van der Waals surface area contributed by atoms with Crippen LogP contribution in [-0.2, 0) is 4.79 Å². The number of para-hydroxylation sites is 2. The highest BCUT2D eigenvalue weighted by atomic mass is 32.2. The van der Waals surface area contributed by atoms with E-state index >= 15 is 0 Å². The molecule has 0 aliphatic carbocycles. The lowest BCUT2D eigenvalue weighted by molar-refractivity contribution is -0.119. The molecule has 0 spiro atoms. The molecule has 1 aromatic carbocycles. The average molecular weight is 369 g/mol. The van der Waals surface area contributed by atoms with Gasteiger partial charge in [0.1, 0.15) is 23.8 Å². The van der Waals surface area contributed by atoms with Gasteiger partial charge in [-0.3, -0.25) is 4.79 Å². The van der Waals surface area contributed by atoms with Crippen molar-refractivity contribution in [2.75, 3.05) is 18.9 Å².